The van der Waals surface area contributed by atoms with Crippen LogP contribution in [0.25, 0.3) is 11.3 Å². The highest BCUT2D eigenvalue weighted by Crippen LogP contribution is 2.20. The van der Waals surface area contributed by atoms with Crippen molar-refractivity contribution < 1.29 is 4.74 Å². The van der Waals surface area contributed by atoms with Crippen molar-refractivity contribution in [3.05, 3.63) is 95.4 Å². The van der Waals surface area contributed by atoms with Crippen molar-refractivity contribution in [3.8, 4) is 17.0 Å². The van der Waals surface area contributed by atoms with Crippen LogP contribution < -0.4 is 4.74 Å². The summed E-state index contributed by atoms with van der Waals surface area (Å²) >= 11 is 5.94. The van der Waals surface area contributed by atoms with E-state index in [0.717, 1.165) is 53.4 Å². The van der Waals surface area contributed by atoms with Gasteiger partial charge in [0.1, 0.15) is 12.4 Å². The Bertz CT molecular complexity index is 1030. The van der Waals surface area contributed by atoms with Crippen molar-refractivity contribution >= 4 is 11.6 Å². The smallest absolute Gasteiger partial charge is 0.119 e. The molecule has 0 aliphatic rings. The van der Waals surface area contributed by atoms with Crippen molar-refractivity contribution in [3.63, 3.8) is 0 Å². The molecule has 152 valence electrons. The predicted octanol–water partition coefficient (Wildman–Crippen LogP) is 5.60. The van der Waals surface area contributed by atoms with Crippen molar-refractivity contribution in [2.45, 2.75) is 32.4 Å². The quantitative estimate of drug-likeness (QED) is 0.332. The Hall–Kier alpha value is -3.18. The standard InChI is InChI=1S/C24H23ClN4O/c25-22-9-7-21(8-10-22)24-13-6-20(17-26-24)18-30-23-11-4-19(5-12-23)3-1-2-15-29-16-14-27-28-29/h4-14,16-17H,1-3,15,18H2. The molecule has 0 N–H and O–H groups in total. The van der Waals surface area contributed by atoms with E-state index >= 15 is 0 Å². The number of benzene rings is 2. The molecule has 0 saturated heterocycles. The van der Waals surface area contributed by atoms with E-state index in [0.29, 0.717) is 6.61 Å². The number of aromatic nitrogens is 4. The minimum atomic E-state index is 0.491. The van der Waals surface area contributed by atoms with Gasteiger partial charge in [-0.05, 0) is 55.2 Å². The summed E-state index contributed by atoms with van der Waals surface area (Å²) in [5, 5.41) is 8.53. The van der Waals surface area contributed by atoms with Crippen LogP contribution in [0.2, 0.25) is 5.02 Å². The minimum Gasteiger partial charge on any atom is -0.489 e. The molecular weight excluding hydrogens is 396 g/mol. The van der Waals surface area contributed by atoms with Crippen LogP contribution in [0.1, 0.15) is 24.0 Å². The molecule has 4 aromatic rings. The molecule has 6 heteroatoms. The maximum Gasteiger partial charge on any atom is 0.119 e. The Morgan fingerprint density at radius 3 is 2.37 bits per heavy atom. The summed E-state index contributed by atoms with van der Waals surface area (Å²) in [5.74, 6) is 0.864. The van der Waals surface area contributed by atoms with Crippen LogP contribution in [0.15, 0.2) is 79.3 Å². The molecule has 4 rings (SSSR count). The Kier molecular flexibility index (Phi) is 6.72. The van der Waals surface area contributed by atoms with Gasteiger partial charge in [0.15, 0.2) is 0 Å². The Balaban J connectivity index is 1.23. The van der Waals surface area contributed by atoms with E-state index in [1.165, 1.54) is 5.56 Å². The lowest BCUT2D eigenvalue weighted by Crippen LogP contribution is -1.99. The third kappa shape index (κ3) is 5.67. The number of ether oxygens (including phenoxy) is 1. The van der Waals surface area contributed by atoms with Crippen molar-refractivity contribution in [1.29, 1.82) is 0 Å². The molecule has 2 heterocycles. The number of aryl methyl sites for hydroxylation is 2. The second kappa shape index (κ2) is 10.0. The van der Waals surface area contributed by atoms with Gasteiger partial charge >= 0.3 is 0 Å². The van der Waals surface area contributed by atoms with Gasteiger partial charge in [-0.2, -0.15) is 0 Å². The Morgan fingerprint density at radius 2 is 1.67 bits per heavy atom. The second-order valence-electron chi connectivity index (χ2n) is 7.11. The predicted molar refractivity (Wildman–Crippen MR) is 118 cm³/mol. The van der Waals surface area contributed by atoms with Gasteiger partial charge in [0.2, 0.25) is 0 Å². The molecule has 0 amide bonds. The van der Waals surface area contributed by atoms with E-state index in [9.17, 15) is 0 Å². The maximum absolute atomic E-state index is 5.94. The van der Waals surface area contributed by atoms with Crippen LogP contribution in [0.5, 0.6) is 5.75 Å². The highest BCUT2D eigenvalue weighted by Gasteiger charge is 2.02. The van der Waals surface area contributed by atoms with Gasteiger partial charge in [-0.1, -0.05) is 47.1 Å². The lowest BCUT2D eigenvalue weighted by molar-refractivity contribution is 0.305. The maximum atomic E-state index is 5.94. The summed E-state index contributed by atoms with van der Waals surface area (Å²) in [5.41, 5.74) is 4.31. The molecule has 0 saturated carbocycles. The summed E-state index contributed by atoms with van der Waals surface area (Å²) in [6, 6.07) is 20.1. The largest absolute Gasteiger partial charge is 0.489 e. The lowest BCUT2D eigenvalue weighted by atomic mass is 10.1. The van der Waals surface area contributed by atoms with Gasteiger partial charge in [-0.3, -0.25) is 9.67 Å². The first-order valence-electron chi connectivity index (χ1n) is 10.0. The third-order valence-electron chi connectivity index (χ3n) is 4.87. The first-order valence-corrected chi connectivity index (χ1v) is 10.4. The number of pyridine rings is 1. The van der Waals surface area contributed by atoms with Gasteiger partial charge in [-0.25, -0.2) is 0 Å². The van der Waals surface area contributed by atoms with Crippen LogP contribution in [-0.2, 0) is 19.6 Å². The molecular formula is C24H23ClN4O. The number of unbranched alkanes of at least 4 members (excludes halogenated alkanes) is 1. The Labute approximate surface area is 181 Å². The molecule has 0 spiro atoms. The van der Waals surface area contributed by atoms with E-state index in [2.05, 4.69) is 27.4 Å². The topological polar surface area (TPSA) is 52.8 Å². The first-order chi connectivity index (χ1) is 14.8. The van der Waals surface area contributed by atoms with E-state index in [-0.39, 0.29) is 0 Å². The highest BCUT2D eigenvalue weighted by atomic mass is 35.5. The summed E-state index contributed by atoms with van der Waals surface area (Å²) in [7, 11) is 0. The molecule has 0 aliphatic heterocycles. The zero-order valence-corrected chi connectivity index (χ0v) is 17.4. The minimum absolute atomic E-state index is 0.491. The average molecular weight is 419 g/mol. The van der Waals surface area contributed by atoms with Gasteiger partial charge < -0.3 is 4.74 Å². The molecule has 0 fully saturated rings. The fourth-order valence-corrected chi connectivity index (χ4v) is 3.30. The number of hydrogen-bond acceptors (Lipinski definition) is 4. The summed E-state index contributed by atoms with van der Waals surface area (Å²) in [6.45, 7) is 1.40. The number of halogens is 1. The highest BCUT2D eigenvalue weighted by molar-refractivity contribution is 6.30. The molecule has 0 atom stereocenters. The molecule has 0 radical (unpaired) electrons. The number of rotatable bonds is 9. The monoisotopic (exact) mass is 418 g/mol. The van der Waals surface area contributed by atoms with Gasteiger partial charge in [0.05, 0.1) is 11.9 Å². The van der Waals surface area contributed by atoms with E-state index < -0.39 is 0 Å². The average Bonchev–Trinajstić information content (AvgIpc) is 3.31. The van der Waals surface area contributed by atoms with Crippen LogP contribution >= 0.6 is 11.6 Å². The normalized spacial score (nSPS) is 10.8. The third-order valence-corrected chi connectivity index (χ3v) is 5.12. The summed E-state index contributed by atoms with van der Waals surface area (Å²) in [4.78, 5) is 4.53. The van der Waals surface area contributed by atoms with Crippen molar-refractivity contribution in [2.24, 2.45) is 0 Å². The van der Waals surface area contributed by atoms with Gasteiger partial charge in [0, 0.05) is 35.1 Å². The second-order valence-corrected chi connectivity index (χ2v) is 7.55. The molecule has 0 aliphatic carbocycles. The molecule has 5 nitrogen and oxygen atoms in total. The number of nitrogens with zero attached hydrogens (tertiary/aromatic N) is 4. The lowest BCUT2D eigenvalue weighted by Gasteiger charge is -2.08. The van der Waals surface area contributed by atoms with Crippen LogP contribution in [0.3, 0.4) is 0 Å². The summed E-state index contributed by atoms with van der Waals surface area (Å²) < 4.78 is 7.78. The molecule has 2 aromatic carbocycles. The van der Waals surface area contributed by atoms with Crippen LogP contribution in [0.4, 0.5) is 0 Å². The van der Waals surface area contributed by atoms with E-state index in [1.54, 1.807) is 6.20 Å². The first kappa shape index (κ1) is 20.1. The SMILES string of the molecule is Clc1ccc(-c2ccc(COc3ccc(CCCCn4ccnn4)cc3)cn2)cc1. The van der Waals surface area contributed by atoms with Gasteiger partial charge in [0.25, 0.3) is 0 Å². The fraction of sp³-hybridized carbons (Fsp3) is 0.208. The van der Waals surface area contributed by atoms with Gasteiger partial charge in [-0.15, -0.1) is 5.10 Å². The van der Waals surface area contributed by atoms with E-state index in [4.69, 9.17) is 16.3 Å². The zero-order chi connectivity index (χ0) is 20.6. The molecule has 2 aromatic heterocycles. The molecule has 0 unspecified atom stereocenters. The Morgan fingerprint density at radius 1 is 0.867 bits per heavy atom. The molecule has 30 heavy (non-hydrogen) atoms. The van der Waals surface area contributed by atoms with Crippen LogP contribution in [0, 0.1) is 0 Å². The number of hydrogen-bond donors (Lipinski definition) is 0. The fourth-order valence-electron chi connectivity index (χ4n) is 3.18. The van der Waals surface area contributed by atoms with Crippen molar-refractivity contribution in [2.75, 3.05) is 0 Å². The van der Waals surface area contributed by atoms with E-state index in [1.807, 2.05) is 65.6 Å². The summed E-state index contributed by atoms with van der Waals surface area (Å²) in [6.07, 6.45) is 8.71. The van der Waals surface area contributed by atoms with Crippen LogP contribution in [-0.4, -0.2) is 20.0 Å². The zero-order valence-electron chi connectivity index (χ0n) is 16.6. The molecule has 0 bridgehead atoms. The van der Waals surface area contributed by atoms with Crippen molar-refractivity contribution in [1.82, 2.24) is 20.0 Å².